The Kier molecular flexibility index (Phi) is 7.33. The SMILES string of the molecule is COCC[C@H](C)NC1Oc2nc(-c3nc(C4(C)COC4)[nH]c3-c3ccc(F)cc3F)ccc2N1OS(C)(=O)=O. The lowest BCUT2D eigenvalue weighted by Crippen LogP contribution is -2.50. The third kappa shape index (κ3) is 5.61. The van der Waals surface area contributed by atoms with E-state index in [1.54, 1.807) is 19.2 Å². The number of H-pyrrole nitrogens is 1. The van der Waals surface area contributed by atoms with Crippen LogP contribution in [0.25, 0.3) is 22.6 Å². The number of imidazole rings is 1. The summed E-state index contributed by atoms with van der Waals surface area (Å²) < 4.78 is 74.2. The molecule has 2 aromatic heterocycles. The number of nitrogens with zero attached hydrogens (tertiary/aromatic N) is 3. The van der Waals surface area contributed by atoms with E-state index in [9.17, 15) is 17.2 Å². The van der Waals surface area contributed by atoms with E-state index in [0.29, 0.717) is 49.1 Å². The Morgan fingerprint density at radius 2 is 2.03 bits per heavy atom. The first-order valence-corrected chi connectivity index (χ1v) is 14.0. The number of hydroxylamine groups is 1. The molecule has 2 aliphatic heterocycles. The molecule has 1 fully saturated rings. The van der Waals surface area contributed by atoms with E-state index in [2.05, 4.69) is 15.3 Å². The highest BCUT2D eigenvalue weighted by Crippen LogP contribution is 2.41. The number of fused-ring (bicyclic) bond motifs is 1. The maximum absolute atomic E-state index is 14.9. The fourth-order valence-corrected chi connectivity index (χ4v) is 4.77. The van der Waals surface area contributed by atoms with Crippen molar-refractivity contribution in [2.75, 3.05) is 38.2 Å². The Morgan fingerprint density at radius 3 is 2.67 bits per heavy atom. The number of anilines is 1. The van der Waals surface area contributed by atoms with Gasteiger partial charge in [-0.25, -0.2) is 18.7 Å². The van der Waals surface area contributed by atoms with Crippen LogP contribution in [0, 0.1) is 11.6 Å². The molecule has 0 bridgehead atoms. The summed E-state index contributed by atoms with van der Waals surface area (Å²) in [6.45, 7) is 5.20. The average molecular weight is 566 g/mol. The van der Waals surface area contributed by atoms with E-state index in [-0.39, 0.29) is 23.2 Å². The fraction of sp³-hybridized carbons (Fsp3) is 0.440. The molecule has 4 heterocycles. The minimum Gasteiger partial charge on any atom is -0.436 e. The molecular formula is C25H29F2N5O6S. The van der Waals surface area contributed by atoms with Gasteiger partial charge in [0.15, 0.2) is 0 Å². The van der Waals surface area contributed by atoms with Gasteiger partial charge >= 0.3 is 0 Å². The molecule has 0 radical (unpaired) electrons. The molecule has 2 N–H and O–H groups in total. The van der Waals surface area contributed by atoms with Gasteiger partial charge in [0.25, 0.3) is 16.5 Å². The Labute approximate surface area is 224 Å². The second-order valence-electron chi connectivity index (χ2n) is 9.93. The number of methoxy groups -OCH3 is 1. The first-order valence-electron chi connectivity index (χ1n) is 12.2. The molecule has 3 aromatic rings. The standard InChI is InChI=1S/C25H29F2N5O6S/c1-14(9-10-35-3)28-24-32(38-39(4,33)34)19-8-7-18(29-22(19)37-24)21-20(16-6-5-15(26)11-17(16)27)30-23(31-21)25(2)12-36-13-25/h5-8,11,14,24,28H,9-10,12-13H2,1-4H3,(H,30,31)/t14-,24?/m0/s1. The van der Waals surface area contributed by atoms with Crippen molar-refractivity contribution in [3.05, 3.63) is 47.8 Å². The molecular weight excluding hydrogens is 536 g/mol. The lowest BCUT2D eigenvalue weighted by Gasteiger charge is -2.36. The first-order chi connectivity index (χ1) is 18.5. The van der Waals surface area contributed by atoms with Crippen molar-refractivity contribution in [2.24, 2.45) is 0 Å². The van der Waals surface area contributed by atoms with E-state index >= 15 is 0 Å². The normalized spacial score (nSPS) is 18.9. The van der Waals surface area contributed by atoms with Gasteiger partial charge in [0, 0.05) is 31.4 Å². The Morgan fingerprint density at radius 1 is 1.26 bits per heavy atom. The molecule has 1 unspecified atom stereocenters. The molecule has 210 valence electrons. The molecule has 39 heavy (non-hydrogen) atoms. The number of rotatable bonds is 10. The molecule has 1 aromatic carbocycles. The molecule has 0 aliphatic carbocycles. The summed E-state index contributed by atoms with van der Waals surface area (Å²) in [7, 11) is -2.32. The topological polar surface area (TPSA) is 128 Å². The van der Waals surface area contributed by atoms with E-state index in [1.807, 2.05) is 13.8 Å². The van der Waals surface area contributed by atoms with Crippen LogP contribution in [0.2, 0.25) is 0 Å². The summed E-state index contributed by atoms with van der Waals surface area (Å²) in [6, 6.07) is 6.35. The van der Waals surface area contributed by atoms with Crippen LogP contribution >= 0.6 is 0 Å². The van der Waals surface area contributed by atoms with Crippen LogP contribution in [0.5, 0.6) is 5.88 Å². The lowest BCUT2D eigenvalue weighted by atomic mass is 9.88. The minimum atomic E-state index is -3.91. The van der Waals surface area contributed by atoms with E-state index in [1.165, 1.54) is 6.07 Å². The zero-order valence-electron chi connectivity index (χ0n) is 21.8. The number of hydrogen-bond acceptors (Lipinski definition) is 10. The van der Waals surface area contributed by atoms with Crippen LogP contribution in [0.3, 0.4) is 0 Å². The number of aromatic amines is 1. The number of aromatic nitrogens is 3. The van der Waals surface area contributed by atoms with Gasteiger partial charge < -0.3 is 19.2 Å². The maximum atomic E-state index is 14.9. The Hall–Kier alpha value is -3.17. The van der Waals surface area contributed by atoms with Crippen molar-refractivity contribution in [2.45, 2.75) is 38.1 Å². The summed E-state index contributed by atoms with van der Waals surface area (Å²) >= 11 is 0. The average Bonchev–Trinajstić information content (AvgIpc) is 3.42. The first kappa shape index (κ1) is 27.4. The maximum Gasteiger partial charge on any atom is 0.285 e. The van der Waals surface area contributed by atoms with Gasteiger partial charge in [-0.05, 0) is 44.5 Å². The van der Waals surface area contributed by atoms with Crippen molar-refractivity contribution >= 4 is 15.8 Å². The van der Waals surface area contributed by atoms with Gasteiger partial charge in [-0.1, -0.05) is 0 Å². The van der Waals surface area contributed by atoms with Gasteiger partial charge in [-0.3, -0.25) is 5.32 Å². The summed E-state index contributed by atoms with van der Waals surface area (Å²) in [5, 5.41) is 4.25. The van der Waals surface area contributed by atoms with E-state index in [0.717, 1.165) is 23.5 Å². The Bertz CT molecular complexity index is 1480. The number of nitrogens with one attached hydrogen (secondary N) is 2. The van der Waals surface area contributed by atoms with Crippen molar-refractivity contribution in [1.29, 1.82) is 0 Å². The fourth-order valence-electron chi connectivity index (χ4n) is 4.32. The van der Waals surface area contributed by atoms with Crippen LogP contribution in [-0.2, 0) is 29.3 Å². The highest BCUT2D eigenvalue weighted by atomic mass is 32.2. The molecule has 0 amide bonds. The number of ether oxygens (including phenoxy) is 3. The number of pyridine rings is 1. The summed E-state index contributed by atoms with van der Waals surface area (Å²) in [5.41, 5.74) is 0.926. The molecule has 1 saturated heterocycles. The van der Waals surface area contributed by atoms with Crippen LogP contribution < -0.4 is 15.1 Å². The lowest BCUT2D eigenvalue weighted by molar-refractivity contribution is -0.0539. The van der Waals surface area contributed by atoms with Gasteiger partial charge in [-0.2, -0.15) is 13.5 Å². The monoisotopic (exact) mass is 565 g/mol. The molecule has 11 nitrogen and oxygen atoms in total. The molecule has 0 spiro atoms. The summed E-state index contributed by atoms with van der Waals surface area (Å²) in [6.07, 6.45) is 0.556. The van der Waals surface area contributed by atoms with Crippen molar-refractivity contribution < 1.29 is 35.7 Å². The number of hydrogen-bond donors (Lipinski definition) is 2. The quantitative estimate of drug-likeness (QED) is 0.379. The third-order valence-electron chi connectivity index (χ3n) is 6.47. The van der Waals surface area contributed by atoms with Crippen molar-refractivity contribution in [3.63, 3.8) is 0 Å². The van der Waals surface area contributed by atoms with Gasteiger partial charge in [-0.15, -0.1) is 4.28 Å². The van der Waals surface area contributed by atoms with E-state index in [4.69, 9.17) is 23.5 Å². The van der Waals surface area contributed by atoms with Crippen LogP contribution in [0.4, 0.5) is 14.5 Å². The predicted octanol–water partition coefficient (Wildman–Crippen LogP) is 3.09. The zero-order chi connectivity index (χ0) is 27.9. The van der Waals surface area contributed by atoms with Gasteiger partial charge in [0.05, 0.1) is 36.3 Å². The second kappa shape index (κ2) is 10.4. The minimum absolute atomic E-state index is 0.0841. The molecule has 14 heteroatoms. The Balaban J connectivity index is 1.55. The van der Waals surface area contributed by atoms with Crippen LogP contribution in [0.1, 0.15) is 26.1 Å². The van der Waals surface area contributed by atoms with Crippen LogP contribution in [0.15, 0.2) is 30.3 Å². The van der Waals surface area contributed by atoms with Gasteiger partial charge in [0.2, 0.25) is 5.88 Å². The third-order valence-corrected chi connectivity index (χ3v) is 6.90. The predicted molar refractivity (Wildman–Crippen MR) is 137 cm³/mol. The van der Waals surface area contributed by atoms with E-state index < -0.39 is 33.5 Å². The molecule has 2 aliphatic rings. The van der Waals surface area contributed by atoms with Crippen molar-refractivity contribution in [3.8, 4) is 28.5 Å². The summed E-state index contributed by atoms with van der Waals surface area (Å²) in [4.78, 5) is 12.5. The number of benzene rings is 1. The van der Waals surface area contributed by atoms with Crippen LogP contribution in [-0.4, -0.2) is 68.9 Å². The second-order valence-corrected chi connectivity index (χ2v) is 11.5. The van der Waals surface area contributed by atoms with Crippen molar-refractivity contribution in [1.82, 2.24) is 20.3 Å². The highest BCUT2D eigenvalue weighted by Gasteiger charge is 2.40. The molecule has 0 saturated carbocycles. The zero-order valence-corrected chi connectivity index (χ0v) is 22.6. The summed E-state index contributed by atoms with van der Waals surface area (Å²) in [5.74, 6) is -0.814. The van der Waals surface area contributed by atoms with Gasteiger partial charge in [0.1, 0.15) is 28.8 Å². The number of halogens is 2. The molecule has 5 rings (SSSR count). The largest absolute Gasteiger partial charge is 0.436 e. The highest BCUT2D eigenvalue weighted by molar-refractivity contribution is 7.86. The molecule has 2 atom stereocenters. The smallest absolute Gasteiger partial charge is 0.285 e.